The number of anilines is 1. The van der Waals surface area contributed by atoms with Crippen molar-refractivity contribution in [1.82, 2.24) is 4.31 Å². The second-order valence-electron chi connectivity index (χ2n) is 7.61. The second kappa shape index (κ2) is 9.97. The molecule has 1 N–H and O–H groups in total. The van der Waals surface area contributed by atoms with Crippen LogP contribution < -0.4 is 5.32 Å². The number of nitrogens with one attached hydrogen (secondary N) is 1. The summed E-state index contributed by atoms with van der Waals surface area (Å²) in [5, 5.41) is 3.07. The quantitative estimate of drug-likeness (QED) is 0.624. The van der Waals surface area contributed by atoms with Gasteiger partial charge in [-0.05, 0) is 62.6 Å². The molecule has 32 heavy (non-hydrogen) atoms. The molecule has 0 bridgehead atoms. The number of amides is 1. The highest BCUT2D eigenvalue weighted by molar-refractivity contribution is 7.89. The Labute approximate surface area is 191 Å². The summed E-state index contributed by atoms with van der Waals surface area (Å²) >= 11 is 5.94. The van der Waals surface area contributed by atoms with Crippen LogP contribution in [0.2, 0.25) is 5.02 Å². The van der Waals surface area contributed by atoms with Gasteiger partial charge in [0.15, 0.2) is 6.10 Å². The summed E-state index contributed by atoms with van der Waals surface area (Å²) in [5.74, 6) is -2.48. The molecule has 0 saturated carbocycles. The molecule has 2 aromatic carbocycles. The molecule has 2 aromatic rings. The molecule has 1 aliphatic heterocycles. The zero-order chi connectivity index (χ0) is 23.5. The summed E-state index contributed by atoms with van der Waals surface area (Å²) in [4.78, 5) is 24.4. The van der Waals surface area contributed by atoms with Crippen LogP contribution in [0.15, 0.2) is 41.3 Å². The molecule has 0 aromatic heterocycles. The van der Waals surface area contributed by atoms with Gasteiger partial charge in [-0.2, -0.15) is 4.31 Å². The smallest absolute Gasteiger partial charge is 0.338 e. The second-order valence-corrected chi connectivity index (χ2v) is 9.95. The number of esters is 1. The van der Waals surface area contributed by atoms with E-state index in [2.05, 4.69) is 5.32 Å². The number of benzene rings is 2. The summed E-state index contributed by atoms with van der Waals surface area (Å²) in [6, 6.07) is 7.97. The van der Waals surface area contributed by atoms with E-state index in [9.17, 15) is 22.4 Å². The van der Waals surface area contributed by atoms with Crippen molar-refractivity contribution in [2.24, 2.45) is 0 Å². The van der Waals surface area contributed by atoms with Gasteiger partial charge in [0.25, 0.3) is 5.91 Å². The molecule has 0 aliphatic carbocycles. The first-order chi connectivity index (χ1) is 15.1. The van der Waals surface area contributed by atoms with Crippen molar-refractivity contribution in [1.29, 1.82) is 0 Å². The summed E-state index contributed by atoms with van der Waals surface area (Å²) in [5.41, 5.74) is 1.08. The highest BCUT2D eigenvalue weighted by Crippen LogP contribution is 2.25. The summed E-state index contributed by atoms with van der Waals surface area (Å²) in [7, 11) is -4.08. The Morgan fingerprint density at radius 1 is 1.12 bits per heavy atom. The molecule has 0 radical (unpaired) electrons. The van der Waals surface area contributed by atoms with Crippen LogP contribution in [-0.2, 0) is 19.6 Å². The van der Waals surface area contributed by atoms with Crippen LogP contribution in [0.25, 0.3) is 0 Å². The highest BCUT2D eigenvalue weighted by Gasteiger charge is 2.30. The normalized spacial score (nSPS) is 15.8. The molecule has 10 heteroatoms. The summed E-state index contributed by atoms with van der Waals surface area (Å²) < 4.78 is 46.4. The number of piperidine rings is 1. The molecule has 1 atom stereocenters. The van der Waals surface area contributed by atoms with Crippen molar-refractivity contribution in [2.75, 3.05) is 18.4 Å². The maximum Gasteiger partial charge on any atom is 0.338 e. The first-order valence-electron chi connectivity index (χ1n) is 10.2. The Balaban J connectivity index is 1.74. The Hall–Kier alpha value is -2.49. The van der Waals surface area contributed by atoms with Crippen molar-refractivity contribution >= 4 is 39.2 Å². The average Bonchev–Trinajstić information content (AvgIpc) is 2.76. The number of carbonyl (C=O) groups is 2. The van der Waals surface area contributed by atoms with Crippen molar-refractivity contribution in [3.8, 4) is 0 Å². The largest absolute Gasteiger partial charge is 0.449 e. The van der Waals surface area contributed by atoms with Crippen LogP contribution in [0.4, 0.5) is 10.1 Å². The van der Waals surface area contributed by atoms with Crippen molar-refractivity contribution < 1.29 is 27.1 Å². The van der Waals surface area contributed by atoms with E-state index in [4.69, 9.17) is 16.3 Å². The minimum Gasteiger partial charge on any atom is -0.449 e. The van der Waals surface area contributed by atoms with E-state index in [0.717, 1.165) is 30.2 Å². The number of carbonyl (C=O) groups excluding carboxylic acids is 2. The Bertz CT molecular complexity index is 1130. The van der Waals surface area contributed by atoms with Crippen LogP contribution in [0.1, 0.15) is 42.1 Å². The molecular formula is C22H24ClFN2O5S. The molecule has 1 aliphatic rings. The molecule has 1 amide bonds. The predicted octanol–water partition coefficient (Wildman–Crippen LogP) is 4.15. The van der Waals surface area contributed by atoms with Gasteiger partial charge in [0.1, 0.15) is 10.7 Å². The fraction of sp³-hybridized carbons (Fsp3) is 0.364. The number of sulfonamides is 1. The van der Waals surface area contributed by atoms with Gasteiger partial charge in [-0.15, -0.1) is 0 Å². The van der Waals surface area contributed by atoms with Gasteiger partial charge < -0.3 is 10.1 Å². The fourth-order valence-corrected chi connectivity index (χ4v) is 5.10. The molecular weight excluding hydrogens is 459 g/mol. The molecule has 1 heterocycles. The van der Waals surface area contributed by atoms with Crippen LogP contribution >= 0.6 is 11.6 Å². The third-order valence-electron chi connectivity index (χ3n) is 5.21. The van der Waals surface area contributed by atoms with Gasteiger partial charge >= 0.3 is 5.97 Å². The van der Waals surface area contributed by atoms with E-state index in [0.29, 0.717) is 36.6 Å². The van der Waals surface area contributed by atoms with Gasteiger partial charge in [0.05, 0.1) is 5.56 Å². The van der Waals surface area contributed by atoms with Gasteiger partial charge in [0, 0.05) is 23.8 Å². The molecule has 1 unspecified atom stereocenters. The number of hydrogen-bond donors (Lipinski definition) is 1. The lowest BCUT2D eigenvalue weighted by atomic mass is 10.2. The summed E-state index contributed by atoms with van der Waals surface area (Å²) in [6.45, 7) is 3.76. The minimum atomic E-state index is -4.08. The molecule has 1 saturated heterocycles. The average molecular weight is 483 g/mol. The Kier molecular flexibility index (Phi) is 7.53. The van der Waals surface area contributed by atoms with Crippen molar-refractivity contribution in [2.45, 2.75) is 44.1 Å². The number of nitrogens with zero attached hydrogens (tertiary/aromatic N) is 1. The Morgan fingerprint density at radius 3 is 2.50 bits per heavy atom. The van der Waals surface area contributed by atoms with E-state index < -0.39 is 38.7 Å². The van der Waals surface area contributed by atoms with Crippen LogP contribution in [-0.4, -0.2) is 43.8 Å². The first-order valence-corrected chi connectivity index (χ1v) is 12.0. The SMILES string of the molecule is Cc1ccc(Cl)cc1NC(=O)C(C)OC(=O)c1ccc(F)c(S(=O)(=O)N2CCCCC2)c1. The molecule has 7 nitrogen and oxygen atoms in total. The van der Waals surface area contributed by atoms with Crippen LogP contribution in [0, 0.1) is 12.7 Å². The maximum absolute atomic E-state index is 14.4. The van der Waals surface area contributed by atoms with E-state index in [-0.39, 0.29) is 5.56 Å². The zero-order valence-electron chi connectivity index (χ0n) is 17.7. The molecule has 3 rings (SSSR count). The third kappa shape index (κ3) is 5.46. The van der Waals surface area contributed by atoms with E-state index in [1.165, 1.54) is 11.2 Å². The number of hydrogen-bond acceptors (Lipinski definition) is 5. The minimum absolute atomic E-state index is 0.166. The molecule has 1 fully saturated rings. The van der Waals surface area contributed by atoms with Gasteiger partial charge in [-0.25, -0.2) is 17.6 Å². The zero-order valence-corrected chi connectivity index (χ0v) is 19.3. The lowest BCUT2D eigenvalue weighted by molar-refractivity contribution is -0.123. The lowest BCUT2D eigenvalue weighted by Gasteiger charge is -2.26. The standard InChI is InChI=1S/C22H24ClFN2O5S/c1-14-6-8-17(23)13-19(14)25-21(27)15(2)31-22(28)16-7-9-18(24)20(12-16)32(29,30)26-10-4-3-5-11-26/h6-9,12-13,15H,3-5,10-11H2,1-2H3,(H,25,27). The van der Waals surface area contributed by atoms with Crippen molar-refractivity contribution in [3.05, 3.63) is 58.4 Å². The van der Waals surface area contributed by atoms with Gasteiger partial charge in [-0.1, -0.05) is 24.1 Å². The van der Waals surface area contributed by atoms with Gasteiger partial charge in [-0.3, -0.25) is 4.79 Å². The summed E-state index contributed by atoms with van der Waals surface area (Å²) in [6.07, 6.45) is 1.12. The Morgan fingerprint density at radius 2 is 1.81 bits per heavy atom. The number of ether oxygens (including phenoxy) is 1. The third-order valence-corrected chi connectivity index (χ3v) is 7.36. The van der Waals surface area contributed by atoms with Crippen LogP contribution in [0.5, 0.6) is 0 Å². The van der Waals surface area contributed by atoms with E-state index in [1.807, 2.05) is 0 Å². The number of rotatable bonds is 6. The molecule has 172 valence electrons. The monoisotopic (exact) mass is 482 g/mol. The first kappa shape index (κ1) is 24.2. The van der Waals surface area contributed by atoms with Crippen LogP contribution in [0.3, 0.4) is 0 Å². The van der Waals surface area contributed by atoms with Gasteiger partial charge in [0.2, 0.25) is 10.0 Å². The predicted molar refractivity (Wildman–Crippen MR) is 119 cm³/mol. The molecule has 0 spiro atoms. The van der Waals surface area contributed by atoms with Crippen molar-refractivity contribution in [3.63, 3.8) is 0 Å². The fourth-order valence-electron chi connectivity index (χ4n) is 3.32. The van der Waals surface area contributed by atoms with E-state index >= 15 is 0 Å². The number of aryl methyl sites for hydroxylation is 1. The lowest BCUT2D eigenvalue weighted by Crippen LogP contribution is -2.36. The number of halogens is 2. The van der Waals surface area contributed by atoms with E-state index in [1.54, 1.807) is 25.1 Å². The maximum atomic E-state index is 14.4. The topological polar surface area (TPSA) is 92.8 Å². The highest BCUT2D eigenvalue weighted by atomic mass is 35.5.